The van der Waals surface area contributed by atoms with E-state index in [9.17, 15) is 4.79 Å². The second-order valence-corrected chi connectivity index (χ2v) is 6.37. The fourth-order valence-corrected chi connectivity index (χ4v) is 3.15. The third-order valence-electron chi connectivity index (χ3n) is 3.76. The van der Waals surface area contributed by atoms with Crippen molar-refractivity contribution in [3.8, 4) is 0 Å². The van der Waals surface area contributed by atoms with Crippen LogP contribution in [0.3, 0.4) is 0 Å². The van der Waals surface area contributed by atoms with Crippen LogP contribution >= 0.6 is 11.8 Å². The quantitative estimate of drug-likeness (QED) is 0.906. The Balaban J connectivity index is 1.59. The molecule has 1 amide bonds. The van der Waals surface area contributed by atoms with Crippen LogP contribution in [0.15, 0.2) is 35.0 Å². The van der Waals surface area contributed by atoms with Gasteiger partial charge < -0.3 is 14.6 Å². The zero-order valence-electron chi connectivity index (χ0n) is 13.1. The number of aromatic nitrogens is 2. The van der Waals surface area contributed by atoms with E-state index in [4.69, 9.17) is 4.42 Å². The van der Waals surface area contributed by atoms with Crippen molar-refractivity contribution >= 4 is 23.6 Å². The smallest absolute Gasteiger partial charge is 0.287 e. The summed E-state index contributed by atoms with van der Waals surface area (Å²) in [5, 5.41) is 3.05. The summed E-state index contributed by atoms with van der Waals surface area (Å²) in [7, 11) is 0. The van der Waals surface area contributed by atoms with Gasteiger partial charge in [0, 0.05) is 31.5 Å². The second kappa shape index (κ2) is 7.50. The van der Waals surface area contributed by atoms with Gasteiger partial charge in [-0.1, -0.05) is 0 Å². The van der Waals surface area contributed by atoms with Crippen molar-refractivity contribution in [2.75, 3.05) is 24.2 Å². The maximum absolute atomic E-state index is 12.3. The summed E-state index contributed by atoms with van der Waals surface area (Å²) >= 11 is 1.67. The molecule has 1 saturated heterocycles. The number of hydrogen-bond acceptors (Lipinski definition) is 6. The van der Waals surface area contributed by atoms with Crippen molar-refractivity contribution in [2.24, 2.45) is 0 Å². The molecule has 122 valence electrons. The number of amides is 1. The van der Waals surface area contributed by atoms with Gasteiger partial charge in [-0.15, -0.1) is 0 Å². The molecule has 2 aromatic heterocycles. The highest BCUT2D eigenvalue weighted by molar-refractivity contribution is 7.97. The fourth-order valence-electron chi connectivity index (χ4n) is 2.71. The lowest BCUT2D eigenvalue weighted by molar-refractivity contribution is 0.0903. The lowest BCUT2D eigenvalue weighted by atomic mass is 10.1. The van der Waals surface area contributed by atoms with Crippen molar-refractivity contribution < 1.29 is 9.21 Å². The van der Waals surface area contributed by atoms with Crippen molar-refractivity contribution in [2.45, 2.75) is 24.6 Å². The molecule has 0 spiro atoms. The molecule has 1 N–H and O–H groups in total. The predicted molar refractivity (Wildman–Crippen MR) is 90.7 cm³/mol. The molecule has 0 aromatic carbocycles. The minimum absolute atomic E-state index is 0.0779. The molecule has 0 aliphatic carbocycles. The van der Waals surface area contributed by atoms with Gasteiger partial charge in [-0.05, 0) is 37.3 Å². The Labute approximate surface area is 139 Å². The largest absolute Gasteiger partial charge is 0.455 e. The van der Waals surface area contributed by atoms with E-state index in [-0.39, 0.29) is 11.9 Å². The lowest BCUT2D eigenvalue weighted by Gasteiger charge is -2.32. The highest BCUT2D eigenvalue weighted by Crippen LogP contribution is 2.17. The molecule has 6 nitrogen and oxygen atoms in total. The summed E-state index contributed by atoms with van der Waals surface area (Å²) in [5.41, 5.74) is 0. The number of carbonyl (C=O) groups excluding carboxylic acids is 1. The molecule has 0 unspecified atom stereocenters. The average Bonchev–Trinajstić information content (AvgIpc) is 3.05. The van der Waals surface area contributed by atoms with E-state index in [0.29, 0.717) is 18.3 Å². The number of rotatable bonds is 5. The molecule has 23 heavy (non-hydrogen) atoms. The van der Waals surface area contributed by atoms with Gasteiger partial charge >= 0.3 is 0 Å². The van der Waals surface area contributed by atoms with Crippen LogP contribution in [0.1, 0.15) is 29.2 Å². The number of furan rings is 1. The highest BCUT2D eigenvalue weighted by Gasteiger charge is 2.24. The summed E-state index contributed by atoms with van der Waals surface area (Å²) in [4.78, 5) is 23.0. The Morgan fingerprint density at radius 2 is 2.26 bits per heavy atom. The molecule has 1 aliphatic rings. The van der Waals surface area contributed by atoms with Gasteiger partial charge in [-0.3, -0.25) is 4.79 Å². The Hall–Kier alpha value is -2.02. The summed E-state index contributed by atoms with van der Waals surface area (Å²) < 4.78 is 5.57. The maximum atomic E-state index is 12.3. The SMILES string of the molecule is CSCc1ccc(C(=O)N[C@@H]2CCCN(c3ncccn3)C2)o1. The van der Waals surface area contributed by atoms with Gasteiger partial charge in [0.2, 0.25) is 5.95 Å². The number of nitrogens with one attached hydrogen (secondary N) is 1. The van der Waals surface area contributed by atoms with Gasteiger partial charge in [0.15, 0.2) is 5.76 Å². The van der Waals surface area contributed by atoms with Gasteiger partial charge in [-0.2, -0.15) is 11.8 Å². The number of piperidine rings is 1. The first-order valence-electron chi connectivity index (χ1n) is 7.67. The fraction of sp³-hybridized carbons (Fsp3) is 0.438. The molecule has 0 saturated carbocycles. The third-order valence-corrected chi connectivity index (χ3v) is 4.34. The Morgan fingerprint density at radius 3 is 3.04 bits per heavy atom. The number of thioether (sulfide) groups is 1. The van der Waals surface area contributed by atoms with Crippen LogP contribution in [-0.2, 0) is 5.75 Å². The van der Waals surface area contributed by atoms with E-state index in [2.05, 4.69) is 20.2 Å². The van der Waals surface area contributed by atoms with Gasteiger partial charge in [-0.25, -0.2) is 9.97 Å². The zero-order valence-corrected chi connectivity index (χ0v) is 13.9. The van der Waals surface area contributed by atoms with E-state index in [0.717, 1.165) is 30.9 Å². The standard InChI is InChI=1S/C16H20N4O2S/c1-23-11-13-5-6-14(22-13)15(21)19-12-4-2-9-20(10-12)16-17-7-3-8-18-16/h3,5-8,12H,2,4,9-11H2,1H3,(H,19,21)/t12-/m1/s1. The Morgan fingerprint density at radius 1 is 1.43 bits per heavy atom. The summed E-state index contributed by atoms with van der Waals surface area (Å²) in [6.07, 6.45) is 7.43. The van der Waals surface area contributed by atoms with E-state index >= 15 is 0 Å². The van der Waals surface area contributed by atoms with Crippen LogP contribution in [0.4, 0.5) is 5.95 Å². The number of nitrogens with zero attached hydrogens (tertiary/aromatic N) is 3. The Bertz CT molecular complexity index is 647. The second-order valence-electron chi connectivity index (χ2n) is 5.51. The number of hydrogen-bond donors (Lipinski definition) is 1. The van der Waals surface area contributed by atoms with Crippen molar-refractivity contribution in [3.63, 3.8) is 0 Å². The monoisotopic (exact) mass is 332 g/mol. The van der Waals surface area contributed by atoms with Crippen LogP contribution in [0, 0.1) is 0 Å². The van der Waals surface area contributed by atoms with Gasteiger partial charge in [0.25, 0.3) is 5.91 Å². The van der Waals surface area contributed by atoms with Crippen LogP contribution in [-0.4, -0.2) is 41.3 Å². The molecule has 2 aromatic rings. The zero-order chi connectivity index (χ0) is 16.1. The van der Waals surface area contributed by atoms with E-state index in [1.54, 1.807) is 36.3 Å². The molecular formula is C16H20N4O2S. The van der Waals surface area contributed by atoms with Crippen LogP contribution in [0.25, 0.3) is 0 Å². The van der Waals surface area contributed by atoms with Crippen LogP contribution in [0.2, 0.25) is 0 Å². The van der Waals surface area contributed by atoms with Crippen molar-refractivity contribution in [1.82, 2.24) is 15.3 Å². The summed E-state index contributed by atoms with van der Waals surface area (Å²) in [5.74, 6) is 2.54. The lowest BCUT2D eigenvalue weighted by Crippen LogP contribution is -2.48. The summed E-state index contributed by atoms with van der Waals surface area (Å²) in [6, 6.07) is 5.47. The number of carbonyl (C=O) groups is 1. The van der Waals surface area contributed by atoms with E-state index in [1.807, 2.05) is 12.3 Å². The molecular weight excluding hydrogens is 312 g/mol. The molecule has 1 aliphatic heterocycles. The van der Waals surface area contributed by atoms with E-state index < -0.39 is 0 Å². The van der Waals surface area contributed by atoms with Gasteiger partial charge in [0.05, 0.1) is 5.75 Å². The van der Waals surface area contributed by atoms with E-state index in [1.165, 1.54) is 0 Å². The van der Waals surface area contributed by atoms with Gasteiger partial charge in [0.1, 0.15) is 5.76 Å². The first kappa shape index (κ1) is 15.9. The molecule has 1 atom stereocenters. The minimum Gasteiger partial charge on any atom is -0.455 e. The first-order chi connectivity index (χ1) is 11.3. The molecule has 0 bridgehead atoms. The molecule has 3 heterocycles. The molecule has 0 radical (unpaired) electrons. The van der Waals surface area contributed by atoms with Crippen molar-refractivity contribution in [3.05, 3.63) is 42.1 Å². The first-order valence-corrected chi connectivity index (χ1v) is 9.06. The minimum atomic E-state index is -0.154. The average molecular weight is 332 g/mol. The Kier molecular flexibility index (Phi) is 5.17. The predicted octanol–water partition coefficient (Wildman–Crippen LogP) is 2.33. The normalized spacial score (nSPS) is 18.0. The molecule has 7 heteroatoms. The topological polar surface area (TPSA) is 71.3 Å². The number of anilines is 1. The maximum Gasteiger partial charge on any atom is 0.287 e. The third kappa shape index (κ3) is 4.04. The van der Waals surface area contributed by atoms with Crippen LogP contribution < -0.4 is 10.2 Å². The van der Waals surface area contributed by atoms with Crippen molar-refractivity contribution in [1.29, 1.82) is 0 Å². The molecule has 3 rings (SSSR count). The highest BCUT2D eigenvalue weighted by atomic mass is 32.2. The van der Waals surface area contributed by atoms with Crippen LogP contribution in [0.5, 0.6) is 0 Å². The summed E-state index contributed by atoms with van der Waals surface area (Å²) in [6.45, 7) is 1.63. The molecule has 1 fully saturated rings.